The van der Waals surface area contributed by atoms with Crippen LogP contribution in [0, 0.1) is 5.92 Å². The maximum Gasteiger partial charge on any atom is 0.225 e. The lowest BCUT2D eigenvalue weighted by Gasteiger charge is -2.26. The Kier molecular flexibility index (Phi) is 4.66. The molecule has 21 heavy (non-hydrogen) atoms. The molecule has 0 aromatic heterocycles. The first-order valence-electron chi connectivity index (χ1n) is 7.65. The summed E-state index contributed by atoms with van der Waals surface area (Å²) in [7, 11) is 0. The van der Waals surface area contributed by atoms with E-state index in [0.717, 1.165) is 38.9 Å². The molecular weight excluding hydrogens is 288 g/mol. The summed E-state index contributed by atoms with van der Waals surface area (Å²) in [6.45, 7) is 3.36. The van der Waals surface area contributed by atoms with Crippen LogP contribution in [0.1, 0.15) is 19.3 Å². The molecule has 2 heterocycles. The van der Waals surface area contributed by atoms with Crippen molar-refractivity contribution >= 4 is 17.5 Å². The van der Waals surface area contributed by atoms with Gasteiger partial charge >= 0.3 is 0 Å². The van der Waals surface area contributed by atoms with E-state index in [0.29, 0.717) is 23.2 Å². The molecule has 1 unspecified atom stereocenters. The zero-order valence-corrected chi connectivity index (χ0v) is 12.8. The highest BCUT2D eigenvalue weighted by Gasteiger charge is 2.32. The molecule has 2 aliphatic rings. The Labute approximate surface area is 130 Å². The molecule has 1 N–H and O–H groups in total. The topological polar surface area (TPSA) is 41.6 Å². The summed E-state index contributed by atoms with van der Waals surface area (Å²) >= 11 is 6.11. The van der Waals surface area contributed by atoms with Crippen molar-refractivity contribution in [2.45, 2.75) is 25.4 Å². The van der Waals surface area contributed by atoms with Crippen LogP contribution in [0.25, 0.3) is 0 Å². The fourth-order valence-corrected chi connectivity index (χ4v) is 3.25. The molecule has 0 aliphatic carbocycles. The Morgan fingerprint density at radius 3 is 2.76 bits per heavy atom. The van der Waals surface area contributed by atoms with E-state index >= 15 is 0 Å². The monoisotopic (exact) mass is 308 g/mol. The lowest BCUT2D eigenvalue weighted by atomic mass is 9.97. The third-order valence-corrected chi connectivity index (χ3v) is 4.59. The van der Waals surface area contributed by atoms with E-state index in [9.17, 15) is 4.79 Å². The fraction of sp³-hybridized carbons (Fsp3) is 0.562. The summed E-state index contributed by atoms with van der Waals surface area (Å²) in [5, 5.41) is 3.92. The van der Waals surface area contributed by atoms with Gasteiger partial charge < -0.3 is 15.0 Å². The van der Waals surface area contributed by atoms with E-state index in [-0.39, 0.29) is 12.0 Å². The highest BCUT2D eigenvalue weighted by Crippen LogP contribution is 2.27. The van der Waals surface area contributed by atoms with Crippen LogP contribution in [-0.4, -0.2) is 43.1 Å². The summed E-state index contributed by atoms with van der Waals surface area (Å²) in [6.07, 6.45) is 2.83. The molecule has 3 rings (SSSR count). The summed E-state index contributed by atoms with van der Waals surface area (Å²) in [6, 6.07) is 7.49. The van der Waals surface area contributed by atoms with Crippen LogP contribution in [0.2, 0.25) is 5.02 Å². The highest BCUT2D eigenvalue weighted by atomic mass is 35.5. The Morgan fingerprint density at radius 2 is 2.00 bits per heavy atom. The van der Waals surface area contributed by atoms with Gasteiger partial charge in [0.2, 0.25) is 5.91 Å². The number of carbonyl (C=O) groups is 1. The fourth-order valence-electron chi connectivity index (χ4n) is 3.07. The van der Waals surface area contributed by atoms with E-state index in [4.69, 9.17) is 16.3 Å². The molecule has 2 aliphatic heterocycles. The number of hydrogen-bond acceptors (Lipinski definition) is 3. The second kappa shape index (κ2) is 6.67. The normalized spacial score (nSPS) is 23.3. The van der Waals surface area contributed by atoms with Gasteiger partial charge in [-0.1, -0.05) is 23.7 Å². The Hall–Kier alpha value is -1.26. The number of carbonyl (C=O) groups excluding carboxylic acids is 1. The number of rotatable bonds is 3. The van der Waals surface area contributed by atoms with Gasteiger partial charge in [0.25, 0.3) is 0 Å². The zero-order valence-electron chi connectivity index (χ0n) is 12.1. The summed E-state index contributed by atoms with van der Waals surface area (Å²) in [5.74, 6) is 1.19. The first-order chi connectivity index (χ1) is 10.2. The number of nitrogens with zero attached hydrogens (tertiary/aromatic N) is 1. The van der Waals surface area contributed by atoms with Gasteiger partial charge in [-0.05, 0) is 38.1 Å². The third-order valence-electron chi connectivity index (χ3n) is 4.28. The van der Waals surface area contributed by atoms with Gasteiger partial charge in [0.15, 0.2) is 0 Å². The molecule has 1 amide bonds. The maximum atomic E-state index is 12.5. The van der Waals surface area contributed by atoms with Crippen LogP contribution in [0.5, 0.6) is 5.75 Å². The molecule has 2 fully saturated rings. The number of likely N-dealkylation sites (tertiary alicyclic amines) is 1. The molecule has 4 nitrogen and oxygen atoms in total. The Bertz CT molecular complexity index is 503. The van der Waals surface area contributed by atoms with Gasteiger partial charge in [0, 0.05) is 18.9 Å². The first-order valence-corrected chi connectivity index (χ1v) is 8.02. The molecule has 1 atom stereocenters. The highest BCUT2D eigenvalue weighted by molar-refractivity contribution is 6.32. The molecule has 114 valence electrons. The number of amides is 1. The average Bonchev–Trinajstić information content (AvgIpc) is 2.98. The summed E-state index contributed by atoms with van der Waals surface area (Å²) in [5.41, 5.74) is 0. The molecule has 0 radical (unpaired) electrons. The van der Waals surface area contributed by atoms with Crippen LogP contribution >= 0.6 is 11.6 Å². The van der Waals surface area contributed by atoms with E-state index in [1.165, 1.54) is 0 Å². The summed E-state index contributed by atoms with van der Waals surface area (Å²) in [4.78, 5) is 14.4. The van der Waals surface area contributed by atoms with Gasteiger partial charge in [0.1, 0.15) is 11.9 Å². The Morgan fingerprint density at radius 1 is 1.24 bits per heavy atom. The average molecular weight is 309 g/mol. The van der Waals surface area contributed by atoms with Crippen LogP contribution in [-0.2, 0) is 4.79 Å². The first kappa shape index (κ1) is 14.7. The van der Waals surface area contributed by atoms with Crippen molar-refractivity contribution in [3.63, 3.8) is 0 Å². The molecule has 5 heteroatoms. The second-order valence-corrected chi connectivity index (χ2v) is 6.17. The van der Waals surface area contributed by atoms with Crippen molar-refractivity contribution < 1.29 is 9.53 Å². The number of hydrogen-bond donors (Lipinski definition) is 1. The molecule has 0 spiro atoms. The van der Waals surface area contributed by atoms with E-state index in [1.807, 2.05) is 29.2 Å². The predicted molar refractivity (Wildman–Crippen MR) is 82.7 cm³/mol. The number of nitrogens with one attached hydrogen (secondary N) is 1. The van der Waals surface area contributed by atoms with Crippen molar-refractivity contribution in [1.82, 2.24) is 10.2 Å². The SMILES string of the molecule is O=C(C1CCNCC1)N1CCC(Oc2ccccc2Cl)C1. The molecule has 0 saturated carbocycles. The van der Waals surface area contributed by atoms with Crippen LogP contribution in [0.15, 0.2) is 24.3 Å². The lowest BCUT2D eigenvalue weighted by molar-refractivity contribution is -0.135. The lowest BCUT2D eigenvalue weighted by Crippen LogP contribution is -2.40. The van der Waals surface area contributed by atoms with Crippen molar-refractivity contribution in [2.75, 3.05) is 26.2 Å². The van der Waals surface area contributed by atoms with Gasteiger partial charge in [-0.3, -0.25) is 4.79 Å². The van der Waals surface area contributed by atoms with Gasteiger partial charge in [0.05, 0.1) is 11.6 Å². The number of ether oxygens (including phenoxy) is 1. The minimum absolute atomic E-state index is 0.0514. The van der Waals surface area contributed by atoms with Gasteiger partial charge in [-0.15, -0.1) is 0 Å². The minimum atomic E-state index is 0.0514. The van der Waals surface area contributed by atoms with Crippen molar-refractivity contribution in [2.24, 2.45) is 5.92 Å². The number of piperidine rings is 1. The second-order valence-electron chi connectivity index (χ2n) is 5.77. The van der Waals surface area contributed by atoms with Crippen molar-refractivity contribution in [1.29, 1.82) is 0 Å². The predicted octanol–water partition coefficient (Wildman–Crippen LogP) is 2.32. The smallest absolute Gasteiger partial charge is 0.225 e. The van der Waals surface area contributed by atoms with Crippen molar-refractivity contribution in [3.05, 3.63) is 29.3 Å². The summed E-state index contributed by atoms with van der Waals surface area (Å²) < 4.78 is 5.94. The van der Waals surface area contributed by atoms with E-state index in [2.05, 4.69) is 5.32 Å². The molecule has 2 saturated heterocycles. The molecular formula is C16H21ClN2O2. The zero-order chi connectivity index (χ0) is 14.7. The van der Waals surface area contributed by atoms with Crippen LogP contribution in [0.3, 0.4) is 0 Å². The molecule has 0 bridgehead atoms. The van der Waals surface area contributed by atoms with Crippen molar-refractivity contribution in [3.8, 4) is 5.75 Å². The maximum absolute atomic E-state index is 12.5. The third kappa shape index (κ3) is 3.50. The molecule has 1 aromatic carbocycles. The van der Waals surface area contributed by atoms with E-state index < -0.39 is 0 Å². The number of para-hydroxylation sites is 1. The van der Waals surface area contributed by atoms with Gasteiger partial charge in [-0.2, -0.15) is 0 Å². The Balaban J connectivity index is 1.55. The standard InChI is InChI=1S/C16H21ClN2O2/c17-14-3-1-2-4-15(14)21-13-7-10-19(11-13)16(20)12-5-8-18-9-6-12/h1-4,12-13,18H,5-11H2. The largest absolute Gasteiger partial charge is 0.487 e. The number of halogens is 1. The molecule has 1 aromatic rings. The van der Waals surface area contributed by atoms with Gasteiger partial charge in [-0.25, -0.2) is 0 Å². The minimum Gasteiger partial charge on any atom is -0.487 e. The quantitative estimate of drug-likeness (QED) is 0.932. The number of benzene rings is 1. The van der Waals surface area contributed by atoms with Crippen LogP contribution < -0.4 is 10.1 Å². The van der Waals surface area contributed by atoms with E-state index in [1.54, 1.807) is 0 Å². The van der Waals surface area contributed by atoms with Crippen LogP contribution in [0.4, 0.5) is 0 Å².